The number of rotatable bonds is 6. The lowest BCUT2D eigenvalue weighted by Gasteiger charge is -2.40. The fraction of sp³-hybridized carbons (Fsp3) is 0.348. The van der Waals surface area contributed by atoms with Crippen molar-refractivity contribution < 1.29 is 29.8 Å². The molecular weight excluding hydrogens is 426 g/mol. The third-order valence-corrected chi connectivity index (χ3v) is 6.12. The van der Waals surface area contributed by atoms with Crippen molar-refractivity contribution in [3.05, 3.63) is 53.6 Å². The number of carbonyl (C=O) groups is 3. The van der Waals surface area contributed by atoms with Crippen LogP contribution in [-0.4, -0.2) is 60.7 Å². The van der Waals surface area contributed by atoms with E-state index >= 15 is 0 Å². The highest BCUT2D eigenvalue weighted by Gasteiger charge is 2.34. The number of anilines is 2. The highest BCUT2D eigenvalue weighted by atomic mass is 16.6. The lowest BCUT2D eigenvalue weighted by molar-refractivity contribution is -0.825. The molecule has 2 aromatic carbocycles. The molecule has 1 saturated heterocycles. The summed E-state index contributed by atoms with van der Waals surface area (Å²) in [5, 5.41) is 9.82. The number of ether oxygens (including phenoxy) is 1. The Hall–Kier alpha value is -3.63. The molecule has 33 heavy (non-hydrogen) atoms. The maximum absolute atomic E-state index is 12.5. The maximum Gasteiger partial charge on any atom is 0.414 e. The van der Waals surface area contributed by atoms with Crippen LogP contribution in [0.3, 0.4) is 0 Å². The lowest BCUT2D eigenvalue weighted by atomic mass is 9.99. The second-order valence-electron chi connectivity index (χ2n) is 8.30. The molecule has 5 N–H and O–H groups in total. The molecule has 0 bridgehead atoms. The van der Waals surface area contributed by atoms with E-state index in [0.717, 1.165) is 35.3 Å². The van der Waals surface area contributed by atoms with Gasteiger partial charge in [0.1, 0.15) is 12.3 Å². The monoisotopic (exact) mass is 454 g/mol. The third-order valence-electron chi connectivity index (χ3n) is 6.12. The van der Waals surface area contributed by atoms with Crippen LogP contribution in [0.15, 0.2) is 42.5 Å². The van der Waals surface area contributed by atoms with Gasteiger partial charge in [-0.05, 0) is 31.0 Å². The number of para-hydroxylation sites is 1. The van der Waals surface area contributed by atoms with E-state index in [2.05, 4.69) is 4.90 Å². The van der Waals surface area contributed by atoms with Crippen LogP contribution in [0.2, 0.25) is 0 Å². The molecule has 2 aromatic rings. The second-order valence-corrected chi connectivity index (χ2v) is 8.30. The number of quaternary nitrogens is 1. The van der Waals surface area contributed by atoms with E-state index in [9.17, 15) is 19.6 Å². The summed E-state index contributed by atoms with van der Waals surface area (Å²) in [5.74, 6) is -0.955. The summed E-state index contributed by atoms with van der Waals surface area (Å²) in [6, 6.07) is 12.9. The van der Waals surface area contributed by atoms with Crippen molar-refractivity contribution in [1.29, 1.82) is 0 Å². The van der Waals surface area contributed by atoms with Gasteiger partial charge in [0, 0.05) is 43.4 Å². The first-order chi connectivity index (χ1) is 15.9. The number of amides is 3. The number of piperidine rings is 1. The Labute approximate surface area is 191 Å². The van der Waals surface area contributed by atoms with Gasteiger partial charge >= 0.3 is 6.09 Å². The molecule has 2 heterocycles. The minimum Gasteiger partial charge on any atom is -0.444 e. The second kappa shape index (κ2) is 9.47. The normalized spacial score (nSPS) is 16.2. The van der Waals surface area contributed by atoms with Crippen LogP contribution in [0.1, 0.15) is 28.8 Å². The van der Waals surface area contributed by atoms with E-state index in [1.54, 1.807) is 23.1 Å². The number of fused-ring (bicyclic) bond motifs is 1. The van der Waals surface area contributed by atoms with Gasteiger partial charge in [-0.25, -0.2) is 10.0 Å². The molecule has 0 radical (unpaired) electrons. The summed E-state index contributed by atoms with van der Waals surface area (Å²) in [7, 11) is 1.50. The van der Waals surface area contributed by atoms with Gasteiger partial charge in [-0.3, -0.25) is 14.5 Å². The standard InChI is InChI=1S/C23H27N5O5/c1-26(13-21(24)29)22(30)15-6-7-20(18(12-15)25-32)27-10-8-17(9-11-27)28-19-5-3-2-4-16(19)14-33-23(28)31/h2-7,12,17,25,32H,8-11,13-14H2,1H3,(H2,24,29)/p+1. The van der Waals surface area contributed by atoms with Gasteiger partial charge in [0.2, 0.25) is 5.91 Å². The smallest absolute Gasteiger partial charge is 0.414 e. The van der Waals surface area contributed by atoms with Crippen molar-refractivity contribution in [2.75, 3.05) is 36.5 Å². The molecule has 2 aliphatic rings. The SMILES string of the molecule is CN(CC(N)=O)C(=O)c1ccc(N2CCC(N3C(=O)OCc4ccccc43)CC2)c([NH2+]O)c1. The highest BCUT2D eigenvalue weighted by molar-refractivity contribution is 5.97. The summed E-state index contributed by atoms with van der Waals surface area (Å²) in [6.45, 7) is 1.45. The fourth-order valence-electron chi connectivity index (χ4n) is 4.49. The molecule has 0 unspecified atom stereocenters. The Bertz CT molecular complexity index is 1070. The number of nitrogens with zero attached hydrogens (tertiary/aromatic N) is 3. The number of hydrogen-bond donors (Lipinski definition) is 3. The van der Waals surface area contributed by atoms with Crippen LogP contribution in [-0.2, 0) is 16.1 Å². The first-order valence-electron chi connectivity index (χ1n) is 10.8. The van der Waals surface area contributed by atoms with E-state index in [0.29, 0.717) is 30.9 Å². The lowest BCUT2D eigenvalue weighted by Crippen LogP contribution is -2.74. The zero-order chi connectivity index (χ0) is 23.5. The van der Waals surface area contributed by atoms with Gasteiger partial charge in [-0.15, -0.1) is 0 Å². The van der Waals surface area contributed by atoms with E-state index in [1.165, 1.54) is 11.9 Å². The molecule has 3 amide bonds. The van der Waals surface area contributed by atoms with Gasteiger partial charge in [0.15, 0.2) is 5.69 Å². The molecule has 0 aromatic heterocycles. The molecule has 1 fully saturated rings. The molecule has 10 heteroatoms. The maximum atomic E-state index is 12.5. The molecule has 0 spiro atoms. The Kier molecular flexibility index (Phi) is 6.47. The van der Waals surface area contributed by atoms with Crippen LogP contribution >= 0.6 is 0 Å². The Morgan fingerprint density at radius 2 is 1.91 bits per heavy atom. The van der Waals surface area contributed by atoms with E-state index in [4.69, 9.17) is 10.5 Å². The average Bonchev–Trinajstić information content (AvgIpc) is 2.83. The minimum absolute atomic E-state index is 0.0139. The average molecular weight is 455 g/mol. The quantitative estimate of drug-likeness (QED) is 0.440. The summed E-state index contributed by atoms with van der Waals surface area (Å²) < 4.78 is 5.37. The van der Waals surface area contributed by atoms with Crippen molar-refractivity contribution >= 4 is 35.0 Å². The molecule has 174 valence electrons. The van der Waals surface area contributed by atoms with Crippen molar-refractivity contribution in [1.82, 2.24) is 4.90 Å². The van der Waals surface area contributed by atoms with Crippen LogP contribution in [0.4, 0.5) is 21.9 Å². The largest absolute Gasteiger partial charge is 0.444 e. The number of cyclic esters (lactones) is 1. The van der Waals surface area contributed by atoms with Gasteiger partial charge < -0.3 is 20.3 Å². The molecule has 0 aliphatic carbocycles. The first kappa shape index (κ1) is 22.6. The van der Waals surface area contributed by atoms with Crippen LogP contribution in [0.5, 0.6) is 0 Å². The Morgan fingerprint density at radius 3 is 2.61 bits per heavy atom. The zero-order valence-electron chi connectivity index (χ0n) is 18.4. The number of likely N-dealkylation sites (N-methyl/N-ethyl adjacent to an activating group) is 1. The van der Waals surface area contributed by atoms with Crippen LogP contribution in [0.25, 0.3) is 0 Å². The number of hydrogen-bond acceptors (Lipinski definition) is 6. The topological polar surface area (TPSA) is 133 Å². The Balaban J connectivity index is 1.47. The number of nitrogens with two attached hydrogens (primary N) is 2. The summed E-state index contributed by atoms with van der Waals surface area (Å²) in [5.41, 5.74) is 9.71. The summed E-state index contributed by atoms with van der Waals surface area (Å²) >= 11 is 0. The van der Waals surface area contributed by atoms with Crippen molar-refractivity contribution in [2.24, 2.45) is 5.73 Å². The van der Waals surface area contributed by atoms with E-state index in [1.807, 2.05) is 24.3 Å². The molecular formula is C23H28N5O5+. The number of carbonyl (C=O) groups excluding carboxylic acids is 3. The van der Waals surface area contributed by atoms with Crippen molar-refractivity contribution in [3.63, 3.8) is 0 Å². The van der Waals surface area contributed by atoms with Gasteiger partial charge in [0.25, 0.3) is 5.91 Å². The molecule has 0 atom stereocenters. The van der Waals surface area contributed by atoms with Crippen LogP contribution < -0.4 is 21.0 Å². The van der Waals surface area contributed by atoms with Gasteiger partial charge in [0.05, 0.1) is 12.2 Å². The summed E-state index contributed by atoms with van der Waals surface area (Å²) in [4.78, 5) is 41.3. The molecule has 10 nitrogen and oxygen atoms in total. The highest BCUT2D eigenvalue weighted by Crippen LogP contribution is 2.33. The third kappa shape index (κ3) is 4.62. The van der Waals surface area contributed by atoms with Crippen LogP contribution in [0, 0.1) is 0 Å². The Morgan fingerprint density at radius 1 is 1.18 bits per heavy atom. The summed E-state index contributed by atoms with van der Waals surface area (Å²) in [6.07, 6.45) is 1.15. The molecule has 2 aliphatic heterocycles. The first-order valence-corrected chi connectivity index (χ1v) is 10.8. The van der Waals surface area contributed by atoms with E-state index < -0.39 is 5.91 Å². The van der Waals surface area contributed by atoms with Crippen molar-refractivity contribution in [2.45, 2.75) is 25.5 Å². The van der Waals surface area contributed by atoms with Gasteiger partial charge in [-0.1, -0.05) is 18.2 Å². The number of benzene rings is 2. The minimum atomic E-state index is -0.598. The zero-order valence-corrected chi connectivity index (χ0v) is 18.4. The van der Waals surface area contributed by atoms with E-state index in [-0.39, 0.29) is 24.6 Å². The number of primary amides is 1. The molecule has 0 saturated carbocycles. The van der Waals surface area contributed by atoms with Crippen molar-refractivity contribution in [3.8, 4) is 0 Å². The predicted octanol–water partition coefficient (Wildman–Crippen LogP) is 0.954. The fourth-order valence-corrected chi connectivity index (χ4v) is 4.49. The molecule has 4 rings (SSSR count). The predicted molar refractivity (Wildman–Crippen MR) is 120 cm³/mol. The van der Waals surface area contributed by atoms with Gasteiger partial charge in [-0.2, -0.15) is 5.48 Å².